The molecule has 0 amide bonds. The maximum absolute atomic E-state index is 9.25. The quantitative estimate of drug-likeness (QED) is 0.857. The van der Waals surface area contributed by atoms with Crippen molar-refractivity contribution in [2.45, 2.75) is 44.0 Å². The van der Waals surface area contributed by atoms with Crippen molar-refractivity contribution in [2.75, 3.05) is 5.75 Å². The van der Waals surface area contributed by atoms with Crippen molar-refractivity contribution in [3.63, 3.8) is 0 Å². The minimum Gasteiger partial charge on any atom is -0.385 e. The highest BCUT2D eigenvalue weighted by atomic mass is 32.2. The SMILES string of the molecule is CC(O)c1noc(CC2CCCCS2)n1. The number of rotatable bonds is 3. The number of aromatic nitrogens is 2. The summed E-state index contributed by atoms with van der Waals surface area (Å²) < 4.78 is 5.09. The van der Waals surface area contributed by atoms with Gasteiger partial charge in [-0.1, -0.05) is 11.6 Å². The second-order valence-electron chi connectivity index (χ2n) is 3.91. The molecule has 0 spiro atoms. The second-order valence-corrected chi connectivity index (χ2v) is 5.32. The van der Waals surface area contributed by atoms with Gasteiger partial charge < -0.3 is 9.63 Å². The van der Waals surface area contributed by atoms with Crippen LogP contribution in [0.15, 0.2) is 4.52 Å². The second kappa shape index (κ2) is 4.99. The van der Waals surface area contributed by atoms with Crippen LogP contribution in [0.4, 0.5) is 0 Å². The molecule has 1 fully saturated rings. The zero-order valence-corrected chi connectivity index (χ0v) is 9.66. The Morgan fingerprint density at radius 3 is 3.07 bits per heavy atom. The summed E-state index contributed by atoms with van der Waals surface area (Å²) in [5.41, 5.74) is 0. The third-order valence-electron chi connectivity index (χ3n) is 2.53. The topological polar surface area (TPSA) is 59.2 Å². The Bertz CT molecular complexity index is 308. The molecule has 2 rings (SSSR count). The van der Waals surface area contributed by atoms with E-state index in [4.69, 9.17) is 4.52 Å². The van der Waals surface area contributed by atoms with Crippen LogP contribution in [0.1, 0.15) is 44.0 Å². The molecule has 1 N–H and O–H groups in total. The van der Waals surface area contributed by atoms with Gasteiger partial charge in [0, 0.05) is 11.7 Å². The lowest BCUT2D eigenvalue weighted by Gasteiger charge is -2.19. The first-order chi connectivity index (χ1) is 7.25. The van der Waals surface area contributed by atoms with E-state index in [9.17, 15) is 5.11 Å². The summed E-state index contributed by atoms with van der Waals surface area (Å²) in [4.78, 5) is 4.16. The number of aliphatic hydroxyl groups is 1. The molecule has 0 saturated carbocycles. The van der Waals surface area contributed by atoms with Gasteiger partial charge in [-0.2, -0.15) is 16.7 Å². The normalized spacial score (nSPS) is 24.0. The fourth-order valence-electron chi connectivity index (χ4n) is 1.68. The van der Waals surface area contributed by atoms with Crippen molar-refractivity contribution in [2.24, 2.45) is 0 Å². The van der Waals surface area contributed by atoms with E-state index >= 15 is 0 Å². The predicted octanol–water partition coefficient (Wildman–Crippen LogP) is 1.95. The smallest absolute Gasteiger partial charge is 0.227 e. The highest BCUT2D eigenvalue weighted by Crippen LogP contribution is 2.27. The summed E-state index contributed by atoms with van der Waals surface area (Å²) in [5.74, 6) is 2.29. The maximum Gasteiger partial charge on any atom is 0.227 e. The van der Waals surface area contributed by atoms with Crippen molar-refractivity contribution in [1.29, 1.82) is 0 Å². The Morgan fingerprint density at radius 1 is 1.60 bits per heavy atom. The van der Waals surface area contributed by atoms with Crippen LogP contribution >= 0.6 is 11.8 Å². The van der Waals surface area contributed by atoms with Crippen LogP contribution in [0.5, 0.6) is 0 Å². The van der Waals surface area contributed by atoms with Crippen molar-refractivity contribution in [3.05, 3.63) is 11.7 Å². The van der Waals surface area contributed by atoms with Crippen LogP contribution in [0.2, 0.25) is 0 Å². The average Bonchev–Trinajstić information content (AvgIpc) is 2.68. The summed E-state index contributed by atoms with van der Waals surface area (Å²) in [6, 6.07) is 0. The number of thioether (sulfide) groups is 1. The predicted molar refractivity (Wildman–Crippen MR) is 58.7 cm³/mol. The summed E-state index contributed by atoms with van der Waals surface area (Å²) in [5, 5.41) is 13.6. The molecule has 0 aromatic carbocycles. The van der Waals surface area contributed by atoms with Gasteiger partial charge in [-0.15, -0.1) is 0 Å². The van der Waals surface area contributed by atoms with E-state index in [0.29, 0.717) is 17.0 Å². The van der Waals surface area contributed by atoms with E-state index in [0.717, 1.165) is 6.42 Å². The lowest BCUT2D eigenvalue weighted by molar-refractivity contribution is 0.184. The summed E-state index contributed by atoms with van der Waals surface area (Å²) in [7, 11) is 0. The molecule has 1 aliphatic rings. The molecule has 1 saturated heterocycles. The van der Waals surface area contributed by atoms with E-state index in [2.05, 4.69) is 10.1 Å². The lowest BCUT2D eigenvalue weighted by Crippen LogP contribution is -2.12. The lowest BCUT2D eigenvalue weighted by atomic mass is 10.1. The van der Waals surface area contributed by atoms with E-state index in [1.54, 1.807) is 6.92 Å². The third kappa shape index (κ3) is 2.95. The van der Waals surface area contributed by atoms with Crippen LogP contribution < -0.4 is 0 Å². The fourth-order valence-corrected chi connectivity index (χ4v) is 2.98. The van der Waals surface area contributed by atoms with Gasteiger partial charge in [-0.05, 0) is 25.5 Å². The van der Waals surface area contributed by atoms with Crippen LogP contribution in [0, 0.1) is 0 Å². The molecule has 84 valence electrons. The minimum absolute atomic E-state index is 0.394. The first-order valence-electron chi connectivity index (χ1n) is 5.38. The van der Waals surface area contributed by atoms with E-state index in [1.807, 2.05) is 11.8 Å². The molecule has 4 nitrogen and oxygen atoms in total. The zero-order chi connectivity index (χ0) is 10.7. The Kier molecular flexibility index (Phi) is 3.64. The molecule has 1 aromatic heterocycles. The molecular formula is C10H16N2O2S. The van der Waals surface area contributed by atoms with Gasteiger partial charge >= 0.3 is 0 Å². The number of nitrogens with zero attached hydrogens (tertiary/aromatic N) is 2. The van der Waals surface area contributed by atoms with Gasteiger partial charge in [0.25, 0.3) is 0 Å². The fraction of sp³-hybridized carbons (Fsp3) is 0.800. The first-order valence-corrected chi connectivity index (χ1v) is 6.42. The van der Waals surface area contributed by atoms with Gasteiger partial charge in [0.1, 0.15) is 6.10 Å². The molecule has 2 unspecified atom stereocenters. The van der Waals surface area contributed by atoms with E-state index in [1.165, 1.54) is 25.0 Å². The van der Waals surface area contributed by atoms with Crippen molar-refractivity contribution in [3.8, 4) is 0 Å². The van der Waals surface area contributed by atoms with Gasteiger partial charge in [0.05, 0.1) is 0 Å². The van der Waals surface area contributed by atoms with Crippen molar-refractivity contribution >= 4 is 11.8 Å². The summed E-state index contributed by atoms with van der Waals surface area (Å²) in [6.07, 6.45) is 4.06. The first kappa shape index (κ1) is 11.0. The van der Waals surface area contributed by atoms with Crippen molar-refractivity contribution in [1.82, 2.24) is 10.1 Å². The monoisotopic (exact) mass is 228 g/mol. The number of hydrogen-bond acceptors (Lipinski definition) is 5. The van der Waals surface area contributed by atoms with Gasteiger partial charge in [-0.25, -0.2) is 0 Å². The van der Waals surface area contributed by atoms with Crippen LogP contribution in [-0.2, 0) is 6.42 Å². The largest absolute Gasteiger partial charge is 0.385 e. The van der Waals surface area contributed by atoms with Gasteiger partial charge in [-0.3, -0.25) is 0 Å². The van der Waals surface area contributed by atoms with Crippen LogP contribution in [-0.4, -0.2) is 26.2 Å². The summed E-state index contributed by atoms with van der Waals surface area (Å²) >= 11 is 1.99. The molecular weight excluding hydrogens is 212 g/mol. The highest BCUT2D eigenvalue weighted by molar-refractivity contribution is 7.99. The molecule has 15 heavy (non-hydrogen) atoms. The van der Waals surface area contributed by atoms with Gasteiger partial charge in [0.2, 0.25) is 5.89 Å². The molecule has 2 heterocycles. The van der Waals surface area contributed by atoms with Crippen molar-refractivity contribution < 1.29 is 9.63 Å². The molecule has 0 radical (unpaired) electrons. The number of hydrogen-bond donors (Lipinski definition) is 1. The van der Waals surface area contributed by atoms with Crippen LogP contribution in [0.3, 0.4) is 0 Å². The third-order valence-corrected chi connectivity index (χ3v) is 3.93. The zero-order valence-electron chi connectivity index (χ0n) is 8.85. The highest BCUT2D eigenvalue weighted by Gasteiger charge is 2.18. The Labute approximate surface area is 93.4 Å². The number of aliphatic hydroxyl groups excluding tert-OH is 1. The molecule has 5 heteroatoms. The Hall–Kier alpha value is -0.550. The average molecular weight is 228 g/mol. The molecule has 2 atom stereocenters. The summed E-state index contributed by atoms with van der Waals surface area (Å²) in [6.45, 7) is 1.64. The maximum atomic E-state index is 9.25. The molecule has 1 aromatic rings. The standard InChI is InChI=1S/C10H16N2O2S/c1-7(13)10-11-9(14-12-10)6-8-4-2-3-5-15-8/h7-8,13H,2-6H2,1H3. The molecule has 1 aliphatic heterocycles. The van der Waals surface area contributed by atoms with Crippen LogP contribution in [0.25, 0.3) is 0 Å². The molecule has 0 bridgehead atoms. The Morgan fingerprint density at radius 2 is 2.47 bits per heavy atom. The van der Waals surface area contributed by atoms with E-state index in [-0.39, 0.29) is 0 Å². The van der Waals surface area contributed by atoms with E-state index < -0.39 is 6.10 Å². The molecule has 0 aliphatic carbocycles. The Balaban J connectivity index is 1.91. The minimum atomic E-state index is -0.637. The van der Waals surface area contributed by atoms with Gasteiger partial charge in [0.15, 0.2) is 5.82 Å².